The van der Waals surface area contributed by atoms with Crippen molar-refractivity contribution in [3.8, 4) is 0 Å². The number of nitrogens with one attached hydrogen (secondary N) is 1. The van der Waals surface area contributed by atoms with E-state index in [9.17, 15) is 8.78 Å². The molecule has 1 saturated carbocycles. The lowest BCUT2D eigenvalue weighted by molar-refractivity contribution is 0.230. The Bertz CT molecular complexity index is 470. The third kappa shape index (κ3) is 4.04. The molecule has 1 N–H and O–H groups in total. The van der Waals surface area contributed by atoms with E-state index in [1.807, 2.05) is 0 Å². The summed E-state index contributed by atoms with van der Waals surface area (Å²) < 4.78 is 27.5. The Morgan fingerprint density at radius 2 is 1.90 bits per heavy atom. The van der Waals surface area contributed by atoms with Crippen molar-refractivity contribution in [1.29, 1.82) is 0 Å². The topological polar surface area (TPSA) is 12.0 Å². The van der Waals surface area contributed by atoms with E-state index in [4.69, 9.17) is 0 Å². The molecule has 0 aliphatic heterocycles. The molecule has 118 valence electrons. The zero-order valence-corrected chi connectivity index (χ0v) is 14.3. The van der Waals surface area contributed by atoms with Gasteiger partial charge >= 0.3 is 0 Å². The predicted octanol–water partition coefficient (Wildman–Crippen LogP) is 5.59. The highest BCUT2D eigenvalue weighted by atomic mass is 79.9. The van der Waals surface area contributed by atoms with Crippen LogP contribution in [0.4, 0.5) is 8.78 Å². The maximum atomic E-state index is 13.9. The predicted molar refractivity (Wildman–Crippen MR) is 86.2 cm³/mol. The maximum absolute atomic E-state index is 13.9. The van der Waals surface area contributed by atoms with Gasteiger partial charge in [-0.15, -0.1) is 0 Å². The fourth-order valence-corrected chi connectivity index (χ4v) is 3.80. The van der Waals surface area contributed by atoms with Crippen molar-refractivity contribution in [2.45, 2.75) is 52.0 Å². The summed E-state index contributed by atoms with van der Waals surface area (Å²) in [7, 11) is 0. The molecule has 1 aromatic carbocycles. The van der Waals surface area contributed by atoms with Gasteiger partial charge in [0.1, 0.15) is 0 Å². The summed E-state index contributed by atoms with van der Waals surface area (Å²) in [6.07, 6.45) is 5.76. The highest BCUT2D eigenvalue weighted by Crippen LogP contribution is 2.39. The van der Waals surface area contributed by atoms with Gasteiger partial charge in [-0.05, 0) is 65.2 Å². The molecule has 0 amide bonds. The average Bonchev–Trinajstić information content (AvgIpc) is 2.48. The minimum absolute atomic E-state index is 0.0990. The van der Waals surface area contributed by atoms with E-state index in [2.05, 4.69) is 35.1 Å². The Hall–Kier alpha value is -0.480. The van der Waals surface area contributed by atoms with Crippen LogP contribution in [0.3, 0.4) is 0 Å². The second-order valence-corrected chi connectivity index (χ2v) is 7.01. The summed E-state index contributed by atoms with van der Waals surface area (Å²) in [4.78, 5) is 0. The van der Waals surface area contributed by atoms with E-state index in [1.165, 1.54) is 18.9 Å². The Morgan fingerprint density at radius 3 is 2.52 bits per heavy atom. The molecule has 21 heavy (non-hydrogen) atoms. The lowest BCUT2D eigenvalue weighted by atomic mass is 9.77. The summed E-state index contributed by atoms with van der Waals surface area (Å²) in [6, 6.07) is 3.05. The molecule has 0 saturated heterocycles. The van der Waals surface area contributed by atoms with E-state index < -0.39 is 11.6 Å². The maximum Gasteiger partial charge on any atom is 0.173 e. The van der Waals surface area contributed by atoms with Gasteiger partial charge in [0.05, 0.1) is 4.47 Å². The Morgan fingerprint density at radius 1 is 1.24 bits per heavy atom. The monoisotopic (exact) mass is 359 g/mol. The molecule has 2 rings (SSSR count). The summed E-state index contributed by atoms with van der Waals surface area (Å²) in [6.45, 7) is 5.30. The lowest BCUT2D eigenvalue weighted by Crippen LogP contribution is -2.31. The molecule has 0 spiro atoms. The number of halogens is 3. The van der Waals surface area contributed by atoms with Crippen LogP contribution in [0.25, 0.3) is 0 Å². The molecule has 0 bridgehead atoms. The van der Waals surface area contributed by atoms with Crippen molar-refractivity contribution in [3.05, 3.63) is 33.8 Å². The zero-order valence-electron chi connectivity index (χ0n) is 12.8. The van der Waals surface area contributed by atoms with Crippen LogP contribution in [0.15, 0.2) is 16.6 Å². The SMILES string of the molecule is CCCNC(c1ccc(F)c(F)c1Br)C1CCC(C)CC1. The summed E-state index contributed by atoms with van der Waals surface area (Å²) in [5.74, 6) is -0.299. The molecule has 0 heterocycles. The van der Waals surface area contributed by atoms with E-state index in [1.54, 1.807) is 6.07 Å². The van der Waals surface area contributed by atoms with Gasteiger partial charge in [-0.1, -0.05) is 32.8 Å². The van der Waals surface area contributed by atoms with Crippen LogP contribution >= 0.6 is 15.9 Å². The van der Waals surface area contributed by atoms with Gasteiger partial charge in [-0.25, -0.2) is 8.78 Å². The quantitative estimate of drug-likeness (QED) is 0.675. The van der Waals surface area contributed by atoms with E-state index in [-0.39, 0.29) is 10.5 Å². The molecule has 1 unspecified atom stereocenters. The van der Waals surface area contributed by atoms with Gasteiger partial charge in [-0.2, -0.15) is 0 Å². The van der Waals surface area contributed by atoms with Crippen molar-refractivity contribution in [1.82, 2.24) is 5.32 Å². The second kappa shape index (κ2) is 7.68. The highest BCUT2D eigenvalue weighted by molar-refractivity contribution is 9.10. The first-order chi connectivity index (χ1) is 10.0. The van der Waals surface area contributed by atoms with Gasteiger partial charge in [0.2, 0.25) is 0 Å². The van der Waals surface area contributed by atoms with E-state index >= 15 is 0 Å². The first-order valence-electron chi connectivity index (χ1n) is 7.91. The third-order valence-electron chi connectivity index (χ3n) is 4.55. The second-order valence-electron chi connectivity index (χ2n) is 6.22. The largest absolute Gasteiger partial charge is 0.310 e. The van der Waals surface area contributed by atoms with Crippen LogP contribution in [0.2, 0.25) is 0 Å². The fraction of sp³-hybridized carbons (Fsp3) is 0.647. The molecule has 1 nitrogen and oxygen atoms in total. The fourth-order valence-electron chi connectivity index (χ4n) is 3.23. The lowest BCUT2D eigenvalue weighted by Gasteiger charge is -2.34. The van der Waals surface area contributed by atoms with Crippen LogP contribution in [-0.4, -0.2) is 6.54 Å². The van der Waals surface area contributed by atoms with E-state index in [0.717, 1.165) is 37.3 Å². The Balaban J connectivity index is 2.25. The molecule has 1 fully saturated rings. The van der Waals surface area contributed by atoms with Crippen LogP contribution in [0.5, 0.6) is 0 Å². The smallest absolute Gasteiger partial charge is 0.173 e. The minimum Gasteiger partial charge on any atom is -0.310 e. The summed E-state index contributed by atoms with van der Waals surface area (Å²) >= 11 is 3.25. The van der Waals surface area contributed by atoms with Crippen molar-refractivity contribution >= 4 is 15.9 Å². The van der Waals surface area contributed by atoms with Gasteiger partial charge < -0.3 is 5.32 Å². The summed E-state index contributed by atoms with van der Waals surface area (Å²) in [5.41, 5.74) is 0.849. The Labute approximate surface area is 134 Å². The molecule has 1 aliphatic rings. The number of hydrogen-bond acceptors (Lipinski definition) is 1. The zero-order chi connectivity index (χ0) is 15.4. The molecule has 1 atom stereocenters. The van der Waals surface area contributed by atoms with Crippen LogP contribution in [0, 0.1) is 23.5 Å². The molecule has 1 aliphatic carbocycles. The first-order valence-corrected chi connectivity index (χ1v) is 8.70. The minimum atomic E-state index is -0.794. The van der Waals surface area contributed by atoms with Crippen molar-refractivity contribution in [2.75, 3.05) is 6.54 Å². The normalized spacial score (nSPS) is 24.0. The van der Waals surface area contributed by atoms with Crippen LogP contribution in [0.1, 0.15) is 57.6 Å². The average molecular weight is 360 g/mol. The number of benzene rings is 1. The van der Waals surface area contributed by atoms with Crippen LogP contribution in [-0.2, 0) is 0 Å². The van der Waals surface area contributed by atoms with Crippen molar-refractivity contribution in [2.24, 2.45) is 11.8 Å². The first kappa shape index (κ1) is 16.9. The van der Waals surface area contributed by atoms with Crippen LogP contribution < -0.4 is 5.32 Å². The highest BCUT2D eigenvalue weighted by Gasteiger charge is 2.29. The number of rotatable bonds is 5. The van der Waals surface area contributed by atoms with Gasteiger partial charge in [0, 0.05) is 6.04 Å². The third-order valence-corrected chi connectivity index (χ3v) is 5.35. The molecule has 0 radical (unpaired) electrons. The van der Waals surface area contributed by atoms with Gasteiger partial charge in [0.15, 0.2) is 11.6 Å². The van der Waals surface area contributed by atoms with E-state index in [0.29, 0.717) is 5.92 Å². The van der Waals surface area contributed by atoms with Crippen molar-refractivity contribution in [3.63, 3.8) is 0 Å². The van der Waals surface area contributed by atoms with Gasteiger partial charge in [-0.3, -0.25) is 0 Å². The van der Waals surface area contributed by atoms with Crippen molar-refractivity contribution < 1.29 is 8.78 Å². The van der Waals surface area contributed by atoms with Gasteiger partial charge in [0.25, 0.3) is 0 Å². The molecular formula is C17H24BrF2N. The molecule has 4 heteroatoms. The molecular weight excluding hydrogens is 336 g/mol. The molecule has 1 aromatic rings. The standard InChI is InChI=1S/C17H24BrF2N/c1-3-10-21-17(12-6-4-11(2)5-7-12)13-8-9-14(19)16(20)15(13)18/h8-9,11-12,17,21H,3-7,10H2,1-2H3. The number of hydrogen-bond donors (Lipinski definition) is 1. The molecule has 0 aromatic heterocycles. The Kier molecular flexibility index (Phi) is 6.18. The summed E-state index contributed by atoms with van der Waals surface area (Å²) in [5, 5.41) is 3.54.